The van der Waals surface area contributed by atoms with Crippen LogP contribution in [0.25, 0.3) is 0 Å². The zero-order valence-electron chi connectivity index (χ0n) is 7.08. The number of rotatable bonds is 1. The lowest BCUT2D eigenvalue weighted by molar-refractivity contribution is 0.609. The highest BCUT2D eigenvalue weighted by Gasteiger charge is 2.16. The molecule has 0 spiro atoms. The van der Waals surface area contributed by atoms with Crippen LogP contribution >= 0.6 is 26.6 Å². The van der Waals surface area contributed by atoms with Crippen molar-refractivity contribution in [2.75, 3.05) is 0 Å². The molecule has 0 saturated heterocycles. The summed E-state index contributed by atoms with van der Waals surface area (Å²) in [5.74, 6) is 0. The van der Waals surface area contributed by atoms with E-state index >= 15 is 0 Å². The van der Waals surface area contributed by atoms with Gasteiger partial charge in [0.2, 0.25) is 0 Å². The predicted octanol–water partition coefficient (Wildman–Crippen LogP) is 2.56. The molecule has 0 fully saturated rings. The second kappa shape index (κ2) is 3.89. The third-order valence-corrected chi connectivity index (χ3v) is 3.94. The molecule has 0 unspecified atom stereocenters. The van der Waals surface area contributed by atoms with Crippen molar-refractivity contribution in [3.05, 3.63) is 27.7 Å². The van der Waals surface area contributed by atoms with E-state index in [9.17, 15) is 8.42 Å². The van der Waals surface area contributed by atoms with Gasteiger partial charge in [-0.05, 0) is 40.5 Å². The van der Waals surface area contributed by atoms with Gasteiger partial charge in [-0.3, -0.25) is 0 Å². The highest BCUT2D eigenvalue weighted by Crippen LogP contribution is 2.27. The number of hydrogen-bond acceptors (Lipinski definition) is 3. The van der Waals surface area contributed by atoms with E-state index in [0.29, 0.717) is 15.6 Å². The summed E-state index contributed by atoms with van der Waals surface area (Å²) < 4.78 is 22.5. The fourth-order valence-corrected chi connectivity index (χ4v) is 3.27. The molecule has 1 aromatic rings. The van der Waals surface area contributed by atoms with Gasteiger partial charge in [0.25, 0.3) is 9.05 Å². The van der Waals surface area contributed by atoms with Crippen LogP contribution in [0.2, 0.25) is 0 Å². The molecule has 0 aromatic heterocycles. The van der Waals surface area contributed by atoms with Crippen LogP contribution in [0, 0.1) is 18.3 Å². The first kappa shape index (κ1) is 11.5. The molecular weight excluding hydrogens is 290 g/mol. The second-order valence-electron chi connectivity index (χ2n) is 2.65. The Hall–Kier alpha value is -0.570. The van der Waals surface area contributed by atoms with Crippen LogP contribution in [0.15, 0.2) is 21.5 Å². The Morgan fingerprint density at radius 1 is 1.50 bits per heavy atom. The summed E-state index contributed by atoms with van der Waals surface area (Å²) in [6, 6.07) is 4.69. The molecule has 14 heavy (non-hydrogen) atoms. The normalized spacial score (nSPS) is 11.0. The number of aryl methyl sites for hydroxylation is 1. The minimum Gasteiger partial charge on any atom is -0.207 e. The fraction of sp³-hybridized carbons (Fsp3) is 0.125. The fourth-order valence-electron chi connectivity index (χ4n) is 0.960. The Bertz CT molecular complexity index is 519. The number of nitriles is 1. The van der Waals surface area contributed by atoms with Gasteiger partial charge in [-0.25, -0.2) is 8.42 Å². The van der Waals surface area contributed by atoms with Crippen molar-refractivity contribution < 1.29 is 8.42 Å². The first-order chi connectivity index (χ1) is 6.36. The summed E-state index contributed by atoms with van der Waals surface area (Å²) in [7, 11) is 1.37. The number of nitrogens with zero attached hydrogens (tertiary/aromatic N) is 1. The molecule has 0 saturated carbocycles. The number of benzene rings is 1. The van der Waals surface area contributed by atoms with E-state index in [-0.39, 0.29) is 4.90 Å². The van der Waals surface area contributed by atoms with E-state index < -0.39 is 9.05 Å². The molecule has 3 nitrogen and oxygen atoms in total. The molecule has 74 valence electrons. The van der Waals surface area contributed by atoms with Crippen LogP contribution in [-0.4, -0.2) is 8.42 Å². The molecule has 0 aliphatic rings. The standard InChI is InChI=1S/C8H5BrClNO2S/c1-5-2-7(9)8(14(10,12)13)3-6(5)4-11/h2-3H,1H3. The summed E-state index contributed by atoms with van der Waals surface area (Å²) in [5, 5.41) is 8.70. The van der Waals surface area contributed by atoms with Crippen LogP contribution in [0.3, 0.4) is 0 Å². The van der Waals surface area contributed by atoms with E-state index in [1.807, 2.05) is 6.07 Å². The first-order valence-corrected chi connectivity index (χ1v) is 6.61. The van der Waals surface area contributed by atoms with Gasteiger partial charge >= 0.3 is 0 Å². The van der Waals surface area contributed by atoms with Crippen LogP contribution in [-0.2, 0) is 9.05 Å². The molecule has 0 heterocycles. The van der Waals surface area contributed by atoms with Gasteiger partial charge in [0.15, 0.2) is 0 Å². The Balaban J connectivity index is 3.58. The smallest absolute Gasteiger partial charge is 0.207 e. The summed E-state index contributed by atoms with van der Waals surface area (Å²) in [6.45, 7) is 1.72. The van der Waals surface area contributed by atoms with Crippen LogP contribution in [0.5, 0.6) is 0 Å². The van der Waals surface area contributed by atoms with Gasteiger partial charge in [-0.1, -0.05) is 0 Å². The van der Waals surface area contributed by atoms with Crippen molar-refractivity contribution in [1.29, 1.82) is 5.26 Å². The first-order valence-electron chi connectivity index (χ1n) is 3.51. The van der Waals surface area contributed by atoms with Crippen molar-refractivity contribution in [3.63, 3.8) is 0 Å². The summed E-state index contributed by atoms with van der Waals surface area (Å²) >= 11 is 3.07. The molecule has 1 aromatic carbocycles. The van der Waals surface area contributed by atoms with Crippen LogP contribution < -0.4 is 0 Å². The quantitative estimate of drug-likeness (QED) is 0.748. The SMILES string of the molecule is Cc1cc(Br)c(S(=O)(=O)Cl)cc1C#N. The summed E-state index contributed by atoms with van der Waals surface area (Å²) in [6.07, 6.45) is 0. The van der Waals surface area contributed by atoms with Gasteiger partial charge in [0.05, 0.1) is 16.5 Å². The third-order valence-electron chi connectivity index (χ3n) is 1.66. The molecule has 0 radical (unpaired) electrons. The molecule has 0 bridgehead atoms. The second-order valence-corrected chi connectivity index (χ2v) is 6.04. The van der Waals surface area contributed by atoms with Crippen molar-refractivity contribution in [2.45, 2.75) is 11.8 Å². The average Bonchev–Trinajstić information content (AvgIpc) is 2.02. The summed E-state index contributed by atoms with van der Waals surface area (Å²) in [4.78, 5) is -0.0821. The molecule has 0 atom stereocenters. The van der Waals surface area contributed by atoms with Crippen molar-refractivity contribution in [1.82, 2.24) is 0 Å². The van der Waals surface area contributed by atoms with E-state index in [2.05, 4.69) is 15.9 Å². The Kier molecular flexibility index (Phi) is 3.20. The number of hydrogen-bond donors (Lipinski definition) is 0. The van der Waals surface area contributed by atoms with Crippen molar-refractivity contribution in [3.8, 4) is 6.07 Å². The minimum atomic E-state index is -3.81. The molecule has 0 amide bonds. The predicted molar refractivity (Wildman–Crippen MR) is 56.6 cm³/mol. The van der Waals surface area contributed by atoms with Crippen molar-refractivity contribution in [2.24, 2.45) is 0 Å². The van der Waals surface area contributed by atoms with E-state index in [0.717, 1.165) is 0 Å². The Morgan fingerprint density at radius 3 is 2.50 bits per heavy atom. The maximum absolute atomic E-state index is 11.1. The highest BCUT2D eigenvalue weighted by atomic mass is 79.9. The minimum absolute atomic E-state index is 0.0821. The zero-order chi connectivity index (χ0) is 10.9. The van der Waals surface area contributed by atoms with Gasteiger partial charge in [0.1, 0.15) is 0 Å². The maximum atomic E-state index is 11.1. The molecular formula is C8H5BrClNO2S. The lowest BCUT2D eigenvalue weighted by Crippen LogP contribution is -1.95. The molecule has 1 rings (SSSR count). The lowest BCUT2D eigenvalue weighted by atomic mass is 10.1. The average molecular weight is 295 g/mol. The third kappa shape index (κ3) is 2.27. The highest BCUT2D eigenvalue weighted by molar-refractivity contribution is 9.10. The van der Waals surface area contributed by atoms with Gasteiger partial charge in [0, 0.05) is 15.2 Å². The monoisotopic (exact) mass is 293 g/mol. The largest absolute Gasteiger partial charge is 0.262 e. The van der Waals surface area contributed by atoms with E-state index in [1.54, 1.807) is 13.0 Å². The van der Waals surface area contributed by atoms with Crippen molar-refractivity contribution >= 4 is 35.7 Å². The lowest BCUT2D eigenvalue weighted by Gasteiger charge is -2.03. The van der Waals surface area contributed by atoms with Gasteiger partial charge in [-0.15, -0.1) is 0 Å². The molecule has 0 aliphatic carbocycles. The maximum Gasteiger partial charge on any atom is 0.262 e. The number of halogens is 2. The molecule has 0 aliphatic heterocycles. The summed E-state index contributed by atoms with van der Waals surface area (Å²) in [5.41, 5.74) is 0.996. The van der Waals surface area contributed by atoms with E-state index in [4.69, 9.17) is 15.9 Å². The molecule has 0 N–H and O–H groups in total. The Morgan fingerprint density at radius 2 is 2.07 bits per heavy atom. The molecule has 6 heteroatoms. The van der Waals surface area contributed by atoms with Gasteiger partial charge in [-0.2, -0.15) is 5.26 Å². The topological polar surface area (TPSA) is 57.9 Å². The van der Waals surface area contributed by atoms with Crippen LogP contribution in [0.1, 0.15) is 11.1 Å². The zero-order valence-corrected chi connectivity index (χ0v) is 10.2. The van der Waals surface area contributed by atoms with E-state index in [1.165, 1.54) is 6.07 Å². The van der Waals surface area contributed by atoms with Gasteiger partial charge < -0.3 is 0 Å². The Labute approximate surface area is 94.9 Å². The van der Waals surface area contributed by atoms with Crippen LogP contribution in [0.4, 0.5) is 0 Å².